The summed E-state index contributed by atoms with van der Waals surface area (Å²) in [6.07, 6.45) is 78.4. The van der Waals surface area contributed by atoms with Crippen LogP contribution < -0.4 is 0 Å². The van der Waals surface area contributed by atoms with Crippen molar-refractivity contribution in [1.29, 1.82) is 0 Å². The van der Waals surface area contributed by atoms with Gasteiger partial charge in [-0.05, 0) is 57.8 Å². The van der Waals surface area contributed by atoms with Crippen molar-refractivity contribution >= 4 is 17.9 Å². The zero-order valence-corrected chi connectivity index (χ0v) is 49.6. The Morgan fingerprint density at radius 3 is 0.824 bits per heavy atom. The lowest BCUT2D eigenvalue weighted by Crippen LogP contribution is -2.30. The second-order valence-electron chi connectivity index (χ2n) is 22.0. The summed E-state index contributed by atoms with van der Waals surface area (Å²) >= 11 is 0. The van der Waals surface area contributed by atoms with E-state index in [1.165, 1.54) is 212 Å². The van der Waals surface area contributed by atoms with E-state index in [0.29, 0.717) is 19.3 Å². The van der Waals surface area contributed by atoms with Crippen LogP contribution in [0.2, 0.25) is 0 Å². The van der Waals surface area contributed by atoms with Gasteiger partial charge in [-0.25, -0.2) is 0 Å². The third-order valence-electron chi connectivity index (χ3n) is 14.6. The first-order valence-corrected chi connectivity index (χ1v) is 32.6. The molecule has 0 aliphatic carbocycles. The lowest BCUT2D eigenvalue weighted by molar-refractivity contribution is -0.167. The molecule has 0 rings (SSSR count). The highest BCUT2D eigenvalue weighted by atomic mass is 16.6. The molecule has 0 amide bonds. The van der Waals surface area contributed by atoms with Gasteiger partial charge in [0.15, 0.2) is 6.10 Å². The Bertz CT molecular complexity index is 1280. The third kappa shape index (κ3) is 60.2. The predicted molar refractivity (Wildman–Crippen MR) is 321 cm³/mol. The van der Waals surface area contributed by atoms with E-state index >= 15 is 0 Å². The summed E-state index contributed by atoms with van der Waals surface area (Å²) in [7, 11) is 0. The van der Waals surface area contributed by atoms with Gasteiger partial charge in [0.25, 0.3) is 0 Å². The normalized spacial score (nSPS) is 12.3. The van der Waals surface area contributed by atoms with Gasteiger partial charge in [-0.15, -0.1) is 0 Å². The van der Waals surface area contributed by atoms with Gasteiger partial charge in [-0.1, -0.05) is 320 Å². The highest BCUT2D eigenvalue weighted by molar-refractivity contribution is 5.71. The average molecular weight is 1040 g/mol. The van der Waals surface area contributed by atoms with Gasteiger partial charge in [-0.2, -0.15) is 0 Å². The number of rotatable bonds is 60. The summed E-state index contributed by atoms with van der Waals surface area (Å²) in [5.74, 6) is -0.879. The lowest BCUT2D eigenvalue weighted by atomic mass is 10.0. The van der Waals surface area contributed by atoms with Crippen LogP contribution in [0.1, 0.15) is 348 Å². The Labute approximate surface area is 460 Å². The molecular formula is C68H124O6. The van der Waals surface area contributed by atoms with Crippen molar-refractivity contribution in [2.24, 2.45) is 0 Å². The van der Waals surface area contributed by atoms with Crippen LogP contribution in [0, 0.1) is 0 Å². The maximum Gasteiger partial charge on any atom is 0.306 e. The number of carbonyl (C=O) groups excluding carboxylic acids is 3. The Hall–Kier alpha value is -2.63. The summed E-state index contributed by atoms with van der Waals surface area (Å²) in [5.41, 5.74) is 0. The fraction of sp³-hybridized carbons (Fsp3) is 0.838. The molecule has 0 aliphatic heterocycles. The average Bonchev–Trinajstić information content (AvgIpc) is 3.40. The Morgan fingerprint density at radius 1 is 0.284 bits per heavy atom. The molecule has 0 aliphatic rings. The first kappa shape index (κ1) is 71.4. The smallest absolute Gasteiger partial charge is 0.306 e. The molecule has 74 heavy (non-hydrogen) atoms. The van der Waals surface area contributed by atoms with Crippen LogP contribution in [0.3, 0.4) is 0 Å². The van der Waals surface area contributed by atoms with Crippen molar-refractivity contribution in [3.8, 4) is 0 Å². The van der Waals surface area contributed by atoms with Gasteiger partial charge >= 0.3 is 17.9 Å². The fourth-order valence-corrected chi connectivity index (χ4v) is 9.73. The number of ether oxygens (including phenoxy) is 3. The molecule has 0 spiro atoms. The Morgan fingerprint density at radius 2 is 0.527 bits per heavy atom. The molecule has 0 aromatic heterocycles. The highest BCUT2D eigenvalue weighted by Gasteiger charge is 2.19. The first-order valence-electron chi connectivity index (χ1n) is 32.6. The maximum absolute atomic E-state index is 12.9. The van der Waals surface area contributed by atoms with E-state index in [1.54, 1.807) is 0 Å². The predicted octanol–water partition coefficient (Wildman–Crippen LogP) is 22.2. The van der Waals surface area contributed by atoms with E-state index < -0.39 is 6.10 Å². The maximum atomic E-state index is 12.9. The Kier molecular flexibility index (Phi) is 60.7. The zero-order valence-electron chi connectivity index (χ0n) is 49.6. The van der Waals surface area contributed by atoms with Gasteiger partial charge in [0.05, 0.1) is 0 Å². The molecule has 6 nitrogen and oxygen atoms in total. The van der Waals surface area contributed by atoms with Crippen LogP contribution in [-0.4, -0.2) is 37.2 Å². The lowest BCUT2D eigenvalue weighted by Gasteiger charge is -2.18. The van der Waals surface area contributed by atoms with Crippen LogP contribution in [-0.2, 0) is 28.6 Å². The molecule has 0 aromatic rings. The van der Waals surface area contributed by atoms with Gasteiger partial charge in [-0.3, -0.25) is 14.4 Å². The van der Waals surface area contributed by atoms with Crippen LogP contribution in [0.15, 0.2) is 48.6 Å². The third-order valence-corrected chi connectivity index (χ3v) is 14.6. The number of carbonyl (C=O) groups is 3. The van der Waals surface area contributed by atoms with Crippen molar-refractivity contribution in [3.05, 3.63) is 48.6 Å². The van der Waals surface area contributed by atoms with Crippen molar-refractivity contribution < 1.29 is 28.6 Å². The zero-order chi connectivity index (χ0) is 53.6. The summed E-state index contributed by atoms with van der Waals surface area (Å²) in [5, 5.41) is 0. The van der Waals surface area contributed by atoms with Crippen LogP contribution >= 0.6 is 0 Å². The Balaban J connectivity index is 4.27. The number of hydrogen-bond donors (Lipinski definition) is 0. The molecule has 0 saturated carbocycles. The topological polar surface area (TPSA) is 78.9 Å². The minimum Gasteiger partial charge on any atom is -0.462 e. The summed E-state index contributed by atoms with van der Waals surface area (Å²) < 4.78 is 16.9. The molecule has 0 fully saturated rings. The van der Waals surface area contributed by atoms with E-state index in [0.717, 1.165) is 96.3 Å². The van der Waals surface area contributed by atoms with E-state index in [2.05, 4.69) is 69.4 Å². The molecule has 0 aromatic carbocycles. The van der Waals surface area contributed by atoms with Crippen LogP contribution in [0.5, 0.6) is 0 Å². The van der Waals surface area contributed by atoms with E-state index in [1.807, 2.05) is 0 Å². The van der Waals surface area contributed by atoms with Crippen LogP contribution in [0.4, 0.5) is 0 Å². The van der Waals surface area contributed by atoms with Gasteiger partial charge in [0.1, 0.15) is 13.2 Å². The second kappa shape index (κ2) is 62.9. The minimum atomic E-state index is -0.783. The molecule has 0 radical (unpaired) electrons. The summed E-state index contributed by atoms with van der Waals surface area (Å²) in [6.45, 7) is 6.57. The quantitative estimate of drug-likeness (QED) is 0.0261. The minimum absolute atomic E-state index is 0.0784. The monoisotopic (exact) mass is 1040 g/mol. The van der Waals surface area contributed by atoms with Crippen molar-refractivity contribution in [3.63, 3.8) is 0 Å². The number of unbranched alkanes of at least 4 members (excludes halogenated alkanes) is 41. The summed E-state index contributed by atoms with van der Waals surface area (Å²) in [6, 6.07) is 0. The van der Waals surface area contributed by atoms with Crippen molar-refractivity contribution in [2.45, 2.75) is 354 Å². The van der Waals surface area contributed by atoms with E-state index in [-0.39, 0.29) is 31.1 Å². The SMILES string of the molecule is CC/C=C\C/C=C\C/C=C\C/C=C\CCCCCCC(=O)OC(COC(=O)CCCCCCCCCCCCCCCC)COC(=O)CCCCCCCCCCCCCCCCCCCCCCCCCCC. The molecule has 0 N–H and O–H groups in total. The number of esters is 3. The van der Waals surface area contributed by atoms with E-state index in [4.69, 9.17) is 14.2 Å². The number of hydrogen-bond acceptors (Lipinski definition) is 6. The van der Waals surface area contributed by atoms with Gasteiger partial charge in [0, 0.05) is 19.3 Å². The molecular weight excluding hydrogens is 913 g/mol. The molecule has 0 saturated heterocycles. The van der Waals surface area contributed by atoms with Crippen molar-refractivity contribution in [2.75, 3.05) is 13.2 Å². The van der Waals surface area contributed by atoms with Gasteiger partial charge < -0.3 is 14.2 Å². The van der Waals surface area contributed by atoms with E-state index in [9.17, 15) is 14.4 Å². The first-order chi connectivity index (χ1) is 36.5. The van der Waals surface area contributed by atoms with Crippen molar-refractivity contribution in [1.82, 2.24) is 0 Å². The molecule has 1 atom stereocenters. The van der Waals surface area contributed by atoms with Gasteiger partial charge in [0.2, 0.25) is 0 Å². The molecule has 1 unspecified atom stereocenters. The number of allylic oxidation sites excluding steroid dienone is 8. The molecule has 432 valence electrons. The standard InChI is InChI=1S/C68H124O6/c1-4-7-10-13-16-19-22-25-28-30-31-32-33-34-35-36-37-39-40-43-46-49-52-55-58-61-67(70)73-64-65(63-72-66(69)60-57-54-51-48-45-42-27-24-21-18-15-12-9-6-3)74-68(71)62-59-56-53-50-47-44-41-38-29-26-23-20-17-14-11-8-5-2/h8,11,17,20,26,29,41,44,65H,4-7,9-10,12-16,18-19,21-25,27-28,30-40,42-43,45-64H2,1-3H3/b11-8-,20-17-,29-26-,44-41-. The molecule has 0 heterocycles. The second-order valence-corrected chi connectivity index (χ2v) is 22.0. The largest absolute Gasteiger partial charge is 0.462 e. The molecule has 6 heteroatoms. The summed E-state index contributed by atoms with van der Waals surface area (Å²) in [4.78, 5) is 38.3. The fourth-order valence-electron chi connectivity index (χ4n) is 9.73. The van der Waals surface area contributed by atoms with Crippen LogP contribution in [0.25, 0.3) is 0 Å². The molecule has 0 bridgehead atoms. The highest BCUT2D eigenvalue weighted by Crippen LogP contribution is 2.18.